The standard InChI is InChI=1S/C28H28Cl2N6O2/c1-38-25-14-19(36-11-10-35-9-3-4-20(35)16-36)7-8-24(25)33-27-26-17(15-31-34-28(26)37)12-18(32-27)13-21-22(29)5-2-6-23(21)30/h2,5-8,12,14-15,20H,3-4,9-11,13,16H2,1H3,(H,32,33)(H,34,37). The molecule has 2 fully saturated rings. The lowest BCUT2D eigenvalue weighted by Crippen LogP contribution is -2.50. The molecule has 8 nitrogen and oxygen atoms in total. The van der Waals surface area contributed by atoms with Gasteiger partial charge in [-0.15, -0.1) is 0 Å². The second-order valence-corrected chi connectivity index (χ2v) is 10.6. The zero-order valence-electron chi connectivity index (χ0n) is 21.0. The molecule has 2 N–H and O–H groups in total. The van der Waals surface area contributed by atoms with Gasteiger partial charge in [0, 0.05) is 65.0 Å². The van der Waals surface area contributed by atoms with Crippen LogP contribution < -0.4 is 20.5 Å². The van der Waals surface area contributed by atoms with Crippen LogP contribution in [0, 0.1) is 0 Å². The fraction of sp³-hybridized carbons (Fsp3) is 0.321. The minimum Gasteiger partial charge on any atom is -0.494 e. The van der Waals surface area contributed by atoms with E-state index in [0.29, 0.717) is 56.2 Å². The topological polar surface area (TPSA) is 86.4 Å². The monoisotopic (exact) mass is 550 g/mol. The van der Waals surface area contributed by atoms with Gasteiger partial charge in [0.25, 0.3) is 5.56 Å². The summed E-state index contributed by atoms with van der Waals surface area (Å²) >= 11 is 12.8. The highest BCUT2D eigenvalue weighted by molar-refractivity contribution is 6.36. The highest BCUT2D eigenvalue weighted by Crippen LogP contribution is 2.35. The Hall–Kier alpha value is -3.33. The Bertz CT molecular complexity index is 1540. The Balaban J connectivity index is 1.34. The normalized spacial score (nSPS) is 17.6. The second kappa shape index (κ2) is 10.4. The molecule has 0 bridgehead atoms. The van der Waals surface area contributed by atoms with Crippen molar-refractivity contribution < 1.29 is 4.74 Å². The van der Waals surface area contributed by atoms with Gasteiger partial charge >= 0.3 is 0 Å². The third kappa shape index (κ3) is 4.79. The third-order valence-corrected chi connectivity index (χ3v) is 8.22. The van der Waals surface area contributed by atoms with Gasteiger partial charge in [-0.1, -0.05) is 29.3 Å². The first-order chi connectivity index (χ1) is 18.5. The average molecular weight is 551 g/mol. The van der Waals surface area contributed by atoms with Gasteiger partial charge in [-0.25, -0.2) is 10.1 Å². The van der Waals surface area contributed by atoms with Crippen molar-refractivity contribution in [3.05, 3.63) is 80.3 Å². The van der Waals surface area contributed by atoms with E-state index in [1.807, 2.05) is 24.3 Å². The summed E-state index contributed by atoms with van der Waals surface area (Å²) < 4.78 is 5.77. The molecule has 196 valence electrons. The van der Waals surface area contributed by atoms with Gasteiger partial charge < -0.3 is 15.0 Å². The minimum atomic E-state index is -0.329. The number of nitrogens with zero attached hydrogens (tertiary/aromatic N) is 4. The molecule has 4 heterocycles. The number of fused-ring (bicyclic) bond motifs is 2. The van der Waals surface area contributed by atoms with Crippen LogP contribution in [0.25, 0.3) is 10.8 Å². The molecule has 1 unspecified atom stereocenters. The molecule has 6 rings (SSSR count). The number of hydrogen-bond acceptors (Lipinski definition) is 7. The number of aromatic nitrogens is 3. The van der Waals surface area contributed by atoms with E-state index in [4.69, 9.17) is 32.9 Å². The van der Waals surface area contributed by atoms with Crippen LogP contribution in [0.3, 0.4) is 0 Å². The molecule has 0 aliphatic carbocycles. The van der Waals surface area contributed by atoms with Crippen molar-refractivity contribution in [3.8, 4) is 5.75 Å². The molecule has 4 aromatic rings. The maximum Gasteiger partial charge on any atom is 0.275 e. The number of H-pyrrole nitrogens is 1. The molecule has 2 aromatic carbocycles. The van der Waals surface area contributed by atoms with Crippen LogP contribution in [0.4, 0.5) is 17.2 Å². The van der Waals surface area contributed by atoms with E-state index in [-0.39, 0.29) is 5.56 Å². The first-order valence-corrected chi connectivity index (χ1v) is 13.5. The second-order valence-electron chi connectivity index (χ2n) is 9.79. The van der Waals surface area contributed by atoms with Crippen molar-refractivity contribution in [1.29, 1.82) is 0 Å². The van der Waals surface area contributed by atoms with E-state index >= 15 is 0 Å². The summed E-state index contributed by atoms with van der Waals surface area (Å²) in [6.07, 6.45) is 4.55. The van der Waals surface area contributed by atoms with E-state index in [0.717, 1.165) is 30.9 Å². The first-order valence-electron chi connectivity index (χ1n) is 12.7. The number of ether oxygens (including phenoxy) is 1. The number of piperazine rings is 1. The first kappa shape index (κ1) is 25.0. The number of methoxy groups -OCH3 is 1. The summed E-state index contributed by atoms with van der Waals surface area (Å²) in [5, 5.41) is 12.1. The van der Waals surface area contributed by atoms with E-state index in [1.165, 1.54) is 19.4 Å². The van der Waals surface area contributed by atoms with Crippen LogP contribution in [0.1, 0.15) is 24.1 Å². The molecule has 38 heavy (non-hydrogen) atoms. The molecule has 0 radical (unpaired) electrons. The van der Waals surface area contributed by atoms with Gasteiger partial charge in [0.2, 0.25) is 0 Å². The predicted octanol–water partition coefficient (Wildman–Crippen LogP) is 5.25. The summed E-state index contributed by atoms with van der Waals surface area (Å²) in [5.74, 6) is 1.09. The van der Waals surface area contributed by atoms with Crippen LogP contribution >= 0.6 is 23.2 Å². The van der Waals surface area contributed by atoms with Crippen molar-refractivity contribution in [1.82, 2.24) is 20.1 Å². The van der Waals surface area contributed by atoms with Gasteiger partial charge in [-0.3, -0.25) is 9.69 Å². The molecular weight excluding hydrogens is 523 g/mol. The molecule has 2 aliphatic rings. The summed E-state index contributed by atoms with van der Waals surface area (Å²) in [4.78, 5) is 22.6. The Morgan fingerprint density at radius 1 is 1.13 bits per heavy atom. The number of benzene rings is 2. The molecule has 0 saturated carbocycles. The zero-order valence-corrected chi connectivity index (χ0v) is 22.5. The van der Waals surface area contributed by atoms with Crippen molar-refractivity contribution >= 4 is 51.2 Å². The van der Waals surface area contributed by atoms with Crippen LogP contribution in [-0.2, 0) is 6.42 Å². The van der Waals surface area contributed by atoms with Crippen LogP contribution in [0.15, 0.2) is 53.5 Å². The molecule has 0 amide bonds. The van der Waals surface area contributed by atoms with Crippen LogP contribution in [-0.4, -0.2) is 59.4 Å². The number of nitrogens with one attached hydrogen (secondary N) is 2. The SMILES string of the molecule is COc1cc(N2CCN3CCCC3C2)ccc1Nc1nc(Cc2c(Cl)cccc2Cl)cc2cn[nH]c(=O)c12. The molecule has 2 aliphatic heterocycles. The maximum atomic E-state index is 12.8. The maximum absolute atomic E-state index is 12.8. The molecule has 2 aromatic heterocycles. The van der Waals surface area contributed by atoms with E-state index in [2.05, 4.69) is 31.4 Å². The summed E-state index contributed by atoms with van der Waals surface area (Å²) in [7, 11) is 1.65. The van der Waals surface area contributed by atoms with Crippen molar-refractivity contribution in [2.45, 2.75) is 25.3 Å². The Labute approximate surface area is 230 Å². The number of rotatable bonds is 6. The van der Waals surface area contributed by atoms with Gasteiger partial charge in [0.1, 0.15) is 11.6 Å². The predicted molar refractivity (Wildman–Crippen MR) is 153 cm³/mol. The summed E-state index contributed by atoms with van der Waals surface area (Å²) in [6.45, 7) is 4.31. The molecule has 2 saturated heterocycles. The molecule has 1 atom stereocenters. The van der Waals surface area contributed by atoms with Crippen molar-refractivity contribution in [3.63, 3.8) is 0 Å². The Morgan fingerprint density at radius 2 is 1.97 bits per heavy atom. The molecular formula is C28H28Cl2N6O2. The summed E-state index contributed by atoms with van der Waals surface area (Å²) in [5.41, 5.74) is 2.99. The quantitative estimate of drug-likeness (QED) is 0.339. The van der Waals surface area contributed by atoms with E-state index in [9.17, 15) is 4.79 Å². The lowest BCUT2D eigenvalue weighted by molar-refractivity contribution is 0.231. The van der Waals surface area contributed by atoms with Gasteiger partial charge in [0.15, 0.2) is 0 Å². The zero-order chi connectivity index (χ0) is 26.2. The number of aromatic amines is 1. The number of halogens is 2. The van der Waals surface area contributed by atoms with Gasteiger partial charge in [-0.05, 0) is 55.3 Å². The number of hydrogen-bond donors (Lipinski definition) is 2. The highest BCUT2D eigenvalue weighted by atomic mass is 35.5. The highest BCUT2D eigenvalue weighted by Gasteiger charge is 2.30. The fourth-order valence-electron chi connectivity index (χ4n) is 5.57. The summed E-state index contributed by atoms with van der Waals surface area (Å²) in [6, 6.07) is 14.0. The number of anilines is 3. The minimum absolute atomic E-state index is 0.329. The van der Waals surface area contributed by atoms with Crippen LogP contribution in [0.2, 0.25) is 10.0 Å². The lowest BCUT2D eigenvalue weighted by atomic mass is 10.1. The van der Waals surface area contributed by atoms with E-state index in [1.54, 1.807) is 25.4 Å². The third-order valence-electron chi connectivity index (χ3n) is 7.51. The van der Waals surface area contributed by atoms with Crippen molar-refractivity contribution in [2.24, 2.45) is 0 Å². The van der Waals surface area contributed by atoms with E-state index < -0.39 is 0 Å². The number of pyridine rings is 1. The molecule has 10 heteroatoms. The van der Waals surface area contributed by atoms with Gasteiger partial charge in [0.05, 0.1) is 24.4 Å². The van der Waals surface area contributed by atoms with Gasteiger partial charge in [-0.2, -0.15) is 5.10 Å². The molecule has 0 spiro atoms. The Morgan fingerprint density at radius 3 is 2.79 bits per heavy atom. The van der Waals surface area contributed by atoms with Crippen LogP contribution in [0.5, 0.6) is 5.75 Å². The smallest absolute Gasteiger partial charge is 0.275 e. The van der Waals surface area contributed by atoms with Crippen molar-refractivity contribution in [2.75, 3.05) is 43.5 Å². The average Bonchev–Trinajstić information content (AvgIpc) is 3.39. The fourth-order valence-corrected chi connectivity index (χ4v) is 6.10. The Kier molecular flexibility index (Phi) is 6.86. The largest absolute Gasteiger partial charge is 0.494 e. The lowest BCUT2D eigenvalue weighted by Gasteiger charge is -2.39.